The molecule has 0 heterocycles. The maximum Gasteiger partial charge on any atom is 1.00 e. The molecule has 0 aliphatic rings. The van der Waals surface area contributed by atoms with Crippen molar-refractivity contribution in [3.63, 3.8) is 0 Å². The molecule has 0 saturated heterocycles. The molecule has 0 unspecified atom stereocenters. The Hall–Kier alpha value is 1.82. The van der Waals surface area contributed by atoms with E-state index in [1.54, 1.807) is 0 Å². The van der Waals surface area contributed by atoms with Crippen LogP contribution < -0.4 is 59.1 Å². The third-order valence-electron chi connectivity index (χ3n) is 0. The number of hydrogen-bond acceptors (Lipinski definition) is 1. The molecule has 5 heteroatoms. The predicted octanol–water partition coefficient (Wildman–Crippen LogP) is -5.56. The van der Waals surface area contributed by atoms with Crippen molar-refractivity contribution in [1.29, 1.82) is 0 Å². The molecule has 0 atom stereocenters. The molecule has 0 aromatic carbocycles. The number of carbonyl (C=O) groups is 1. The van der Waals surface area contributed by atoms with E-state index in [0.717, 1.165) is 6.92 Å². The second kappa shape index (κ2) is 15.7. The van der Waals surface area contributed by atoms with Crippen molar-refractivity contribution < 1.29 is 71.9 Å². The summed E-state index contributed by atoms with van der Waals surface area (Å²) in [5, 5.41) is 7.42. The molecule has 0 aliphatic carbocycles. The average Bonchev–Trinajstić information content (AvgIpc) is 0.811. The first-order valence-electron chi connectivity index (χ1n) is 0.928. The van der Waals surface area contributed by atoms with E-state index in [4.69, 9.17) is 9.90 Å². The van der Waals surface area contributed by atoms with E-state index >= 15 is 0 Å². The molecule has 0 aliphatic heterocycles. The minimum atomic E-state index is -0.833. The maximum absolute atomic E-state index is 9.00. The van der Waals surface area contributed by atoms with Gasteiger partial charge in [0.05, 0.1) is 0 Å². The van der Waals surface area contributed by atoms with Crippen LogP contribution in [0.3, 0.4) is 0 Å². The van der Waals surface area contributed by atoms with Gasteiger partial charge in [0.1, 0.15) is 0 Å². The summed E-state index contributed by atoms with van der Waals surface area (Å²) in [6.45, 7) is 1.08. The summed E-state index contributed by atoms with van der Waals surface area (Å²) in [5.41, 5.74) is 0. The molecule has 2 nitrogen and oxygen atoms in total. The van der Waals surface area contributed by atoms with Gasteiger partial charge in [-0.2, -0.15) is 13.5 Å². The van der Waals surface area contributed by atoms with Crippen molar-refractivity contribution in [2.24, 2.45) is 0 Å². The van der Waals surface area contributed by atoms with Gasteiger partial charge in [-0.1, -0.05) is 0 Å². The van der Waals surface area contributed by atoms with Crippen LogP contribution in [0.2, 0.25) is 0 Å². The van der Waals surface area contributed by atoms with Gasteiger partial charge in [0, 0.05) is 6.92 Å². The van der Waals surface area contributed by atoms with E-state index in [-0.39, 0.29) is 75.5 Å². The van der Waals surface area contributed by atoms with Gasteiger partial charge in [0.25, 0.3) is 5.97 Å². The molecule has 36 valence electrons. The Morgan fingerprint density at radius 1 is 1.57 bits per heavy atom. The molecule has 7 heavy (non-hydrogen) atoms. The van der Waals surface area contributed by atoms with Crippen LogP contribution in [0.1, 0.15) is 9.78 Å². The zero-order chi connectivity index (χ0) is 3.58. The minimum Gasteiger partial charge on any atom is -1.00 e. The van der Waals surface area contributed by atoms with E-state index < -0.39 is 5.97 Å². The normalized spacial score (nSPS) is 3.57. The third-order valence-corrected chi connectivity index (χ3v) is 0. The number of rotatable bonds is 0. The minimum absolute atomic E-state index is 0. The molecule has 0 aromatic rings. The van der Waals surface area contributed by atoms with Crippen LogP contribution in [0.25, 0.3) is 0 Å². The van der Waals surface area contributed by atoms with Crippen molar-refractivity contribution >= 4 is 19.5 Å². The number of hydrogen-bond donors (Lipinski definition) is 1. The molecule has 0 fully saturated rings. The first-order valence-corrected chi connectivity index (χ1v) is 0.928. The van der Waals surface area contributed by atoms with E-state index in [2.05, 4.69) is 0 Å². The second-order valence-electron chi connectivity index (χ2n) is 0.519. The number of carboxylic acid groups (broad SMARTS) is 1. The Bertz CT molecular complexity index is 43.5. The monoisotopic (exact) mass is 142 g/mol. The van der Waals surface area contributed by atoms with E-state index in [0.29, 0.717) is 0 Å². The predicted molar refractivity (Wildman–Crippen MR) is 25.9 cm³/mol. The summed E-state index contributed by atoms with van der Waals surface area (Å²) in [6, 6.07) is 0. The zero-order valence-corrected chi connectivity index (χ0v) is 9.86. The van der Waals surface area contributed by atoms with E-state index in [1.165, 1.54) is 0 Å². The van der Waals surface area contributed by atoms with Crippen molar-refractivity contribution in [2.75, 3.05) is 0 Å². The fourth-order valence-electron chi connectivity index (χ4n) is 0. The van der Waals surface area contributed by atoms with Crippen LogP contribution in [0.5, 0.6) is 0 Å². The molecule has 0 amide bonds. The third kappa shape index (κ3) is 80.0. The van der Waals surface area contributed by atoms with E-state index in [9.17, 15) is 0 Å². The van der Waals surface area contributed by atoms with Crippen LogP contribution in [-0.2, 0) is 4.79 Å². The molecule has 0 radical (unpaired) electrons. The summed E-state index contributed by atoms with van der Waals surface area (Å²) < 4.78 is 0. The van der Waals surface area contributed by atoms with Gasteiger partial charge < -0.3 is 7.96 Å². The fraction of sp³-hybridized carbons (Fsp3) is 0.500. The average molecular weight is 142 g/mol. The van der Waals surface area contributed by atoms with Gasteiger partial charge in [0.15, 0.2) is 0 Å². The fourth-order valence-corrected chi connectivity index (χ4v) is 0. The molecule has 0 bridgehead atoms. The first kappa shape index (κ1) is 23.2. The quantitative estimate of drug-likeness (QED) is 0.342. The largest absolute Gasteiger partial charge is 1.00 e. The SMILES string of the molecule is CC(=O)O.S.[H-].[H-].[Na+].[Na+]. The Kier molecular flexibility index (Phi) is 51.9. The Labute approximate surface area is 97.0 Å². The summed E-state index contributed by atoms with van der Waals surface area (Å²) >= 11 is 0. The van der Waals surface area contributed by atoms with Crippen molar-refractivity contribution in [1.82, 2.24) is 0 Å². The van der Waals surface area contributed by atoms with Gasteiger partial charge in [-0.25, -0.2) is 0 Å². The summed E-state index contributed by atoms with van der Waals surface area (Å²) in [6.07, 6.45) is 0. The molecule has 0 rings (SSSR count). The first-order chi connectivity index (χ1) is 1.73. The number of carboxylic acids is 1. The zero-order valence-electron chi connectivity index (χ0n) is 6.86. The summed E-state index contributed by atoms with van der Waals surface area (Å²) in [7, 11) is 0. The summed E-state index contributed by atoms with van der Waals surface area (Å²) in [5.74, 6) is -0.833. The molecular formula is C2H8Na2O2S. The molecule has 0 aromatic heterocycles. The molecule has 0 saturated carbocycles. The van der Waals surface area contributed by atoms with Gasteiger partial charge in [-0.15, -0.1) is 0 Å². The van der Waals surface area contributed by atoms with Crippen LogP contribution in [0.4, 0.5) is 0 Å². The van der Waals surface area contributed by atoms with Gasteiger partial charge in [0.2, 0.25) is 0 Å². The van der Waals surface area contributed by atoms with Gasteiger partial charge in [-0.05, 0) is 0 Å². The Morgan fingerprint density at radius 2 is 1.57 bits per heavy atom. The molecule has 1 N–H and O–H groups in total. The van der Waals surface area contributed by atoms with Crippen LogP contribution in [0, 0.1) is 0 Å². The Morgan fingerprint density at radius 3 is 1.57 bits per heavy atom. The number of aliphatic carboxylic acids is 1. The van der Waals surface area contributed by atoms with Crippen molar-refractivity contribution in [3.8, 4) is 0 Å². The molecule has 0 spiro atoms. The standard InChI is InChI=1S/C2H4O2.2Na.H2S.2H/c1-2(3)4;;;;;/h1H3,(H,3,4);;;1H2;;/q;2*+1;;2*-1. The van der Waals surface area contributed by atoms with Gasteiger partial charge >= 0.3 is 59.1 Å². The van der Waals surface area contributed by atoms with Crippen molar-refractivity contribution in [3.05, 3.63) is 0 Å². The topological polar surface area (TPSA) is 37.3 Å². The second-order valence-corrected chi connectivity index (χ2v) is 0.519. The Balaban J connectivity index is -0.00000000450. The van der Waals surface area contributed by atoms with Gasteiger partial charge in [-0.3, -0.25) is 4.79 Å². The van der Waals surface area contributed by atoms with E-state index in [1.807, 2.05) is 0 Å². The van der Waals surface area contributed by atoms with Crippen molar-refractivity contribution in [2.45, 2.75) is 6.92 Å². The maximum atomic E-state index is 9.00. The van der Waals surface area contributed by atoms with Crippen LogP contribution >= 0.6 is 13.5 Å². The summed E-state index contributed by atoms with van der Waals surface area (Å²) in [4.78, 5) is 9.00. The van der Waals surface area contributed by atoms with Crippen LogP contribution in [-0.4, -0.2) is 11.1 Å². The smallest absolute Gasteiger partial charge is 1.00 e. The van der Waals surface area contributed by atoms with Crippen LogP contribution in [0.15, 0.2) is 0 Å². The molecular weight excluding hydrogens is 134 g/mol.